The minimum atomic E-state index is 0.735. The van der Waals surface area contributed by atoms with Gasteiger partial charge in [-0.15, -0.1) is 0 Å². The third-order valence-electron chi connectivity index (χ3n) is 2.26. The highest BCUT2D eigenvalue weighted by atomic mass is 15.3. The Morgan fingerprint density at radius 2 is 2.00 bits per heavy atom. The van der Waals surface area contributed by atoms with Crippen LogP contribution >= 0.6 is 0 Å². The molecule has 0 fully saturated rings. The van der Waals surface area contributed by atoms with E-state index in [4.69, 9.17) is 5.73 Å². The molecule has 3 nitrogen and oxygen atoms in total. The van der Waals surface area contributed by atoms with Crippen LogP contribution in [-0.4, -0.2) is 9.78 Å². The first-order valence-corrected chi connectivity index (χ1v) is 4.69. The number of benzene rings is 1. The Morgan fingerprint density at radius 1 is 1.29 bits per heavy atom. The summed E-state index contributed by atoms with van der Waals surface area (Å²) in [4.78, 5) is 0. The molecule has 72 valence electrons. The second-order valence-electron chi connectivity index (χ2n) is 3.13. The van der Waals surface area contributed by atoms with Gasteiger partial charge in [-0.2, -0.15) is 5.10 Å². The first-order valence-electron chi connectivity index (χ1n) is 4.69. The smallest absolute Gasteiger partial charge is 0.129 e. The monoisotopic (exact) mass is 187 g/mol. The van der Waals surface area contributed by atoms with Gasteiger partial charge in [0.2, 0.25) is 0 Å². The van der Waals surface area contributed by atoms with Crippen LogP contribution in [0, 0.1) is 0 Å². The average molecular weight is 187 g/mol. The maximum absolute atomic E-state index is 5.95. The molecular formula is C11H13N3. The van der Waals surface area contributed by atoms with Gasteiger partial charge in [-0.05, 0) is 12.5 Å². The van der Waals surface area contributed by atoms with Crippen molar-refractivity contribution in [2.75, 3.05) is 5.73 Å². The highest BCUT2D eigenvalue weighted by Crippen LogP contribution is 2.24. The van der Waals surface area contributed by atoms with Gasteiger partial charge in [0, 0.05) is 12.1 Å². The Balaban J connectivity index is 2.48. The highest BCUT2D eigenvalue weighted by molar-refractivity contribution is 5.73. The highest BCUT2D eigenvalue weighted by Gasteiger charge is 2.06. The number of hydrogen-bond donors (Lipinski definition) is 1. The molecule has 0 aliphatic carbocycles. The minimum absolute atomic E-state index is 0.735. The van der Waals surface area contributed by atoms with Crippen molar-refractivity contribution >= 4 is 5.82 Å². The Labute approximate surface area is 83.2 Å². The molecule has 1 heterocycles. The number of hydrogen-bond acceptors (Lipinski definition) is 2. The number of rotatable bonds is 2. The normalized spacial score (nSPS) is 10.4. The van der Waals surface area contributed by atoms with E-state index in [2.05, 4.69) is 5.10 Å². The van der Waals surface area contributed by atoms with E-state index < -0.39 is 0 Å². The van der Waals surface area contributed by atoms with Crippen molar-refractivity contribution in [3.63, 3.8) is 0 Å². The summed E-state index contributed by atoms with van der Waals surface area (Å²) in [6.45, 7) is 2.83. The molecule has 14 heavy (non-hydrogen) atoms. The van der Waals surface area contributed by atoms with Crippen LogP contribution in [0.4, 0.5) is 5.82 Å². The summed E-state index contributed by atoms with van der Waals surface area (Å²) in [6, 6.07) is 10.1. The fraction of sp³-hybridized carbons (Fsp3) is 0.182. The van der Waals surface area contributed by atoms with Crippen LogP contribution in [0.25, 0.3) is 11.1 Å². The molecule has 0 bridgehead atoms. The van der Waals surface area contributed by atoms with E-state index in [1.165, 1.54) is 0 Å². The van der Waals surface area contributed by atoms with Gasteiger partial charge in [0.25, 0.3) is 0 Å². The van der Waals surface area contributed by atoms with Gasteiger partial charge in [0.15, 0.2) is 0 Å². The molecule has 0 unspecified atom stereocenters. The Morgan fingerprint density at radius 3 is 2.57 bits per heavy atom. The molecule has 0 atom stereocenters. The van der Waals surface area contributed by atoms with Crippen molar-refractivity contribution in [2.45, 2.75) is 13.5 Å². The van der Waals surface area contributed by atoms with Gasteiger partial charge in [0.1, 0.15) is 5.82 Å². The summed E-state index contributed by atoms with van der Waals surface area (Å²) in [5, 5.41) is 4.20. The number of nitrogens with zero attached hydrogens (tertiary/aromatic N) is 2. The lowest BCUT2D eigenvalue weighted by atomic mass is 10.1. The Bertz CT molecular complexity index is 417. The Kier molecular flexibility index (Phi) is 2.23. The summed E-state index contributed by atoms with van der Waals surface area (Å²) < 4.78 is 1.79. The quantitative estimate of drug-likeness (QED) is 0.782. The zero-order valence-corrected chi connectivity index (χ0v) is 8.14. The lowest BCUT2D eigenvalue weighted by Gasteiger charge is -2.01. The topological polar surface area (TPSA) is 43.8 Å². The van der Waals surface area contributed by atoms with Gasteiger partial charge in [-0.3, -0.25) is 0 Å². The van der Waals surface area contributed by atoms with Crippen molar-refractivity contribution < 1.29 is 0 Å². The van der Waals surface area contributed by atoms with Crippen LogP contribution in [0.1, 0.15) is 6.92 Å². The van der Waals surface area contributed by atoms with E-state index in [9.17, 15) is 0 Å². The molecule has 2 N–H and O–H groups in total. The molecule has 2 aromatic rings. The molecule has 0 radical (unpaired) electrons. The average Bonchev–Trinajstić information content (AvgIpc) is 2.61. The summed E-state index contributed by atoms with van der Waals surface area (Å²) in [6.07, 6.45) is 1.81. The van der Waals surface area contributed by atoms with Crippen molar-refractivity contribution in [1.82, 2.24) is 9.78 Å². The molecule has 0 saturated carbocycles. The fourth-order valence-electron chi connectivity index (χ4n) is 1.49. The lowest BCUT2D eigenvalue weighted by Crippen LogP contribution is -2.02. The van der Waals surface area contributed by atoms with E-state index in [-0.39, 0.29) is 0 Å². The van der Waals surface area contributed by atoms with Gasteiger partial charge in [-0.25, -0.2) is 4.68 Å². The number of nitrogen functional groups attached to an aromatic ring is 1. The number of aromatic nitrogens is 2. The van der Waals surface area contributed by atoms with Gasteiger partial charge >= 0.3 is 0 Å². The van der Waals surface area contributed by atoms with Crippen molar-refractivity contribution in [3.05, 3.63) is 36.5 Å². The van der Waals surface area contributed by atoms with Gasteiger partial charge in [-0.1, -0.05) is 30.3 Å². The van der Waals surface area contributed by atoms with Gasteiger partial charge < -0.3 is 5.73 Å². The summed E-state index contributed by atoms with van der Waals surface area (Å²) in [7, 11) is 0. The molecule has 0 saturated heterocycles. The fourth-order valence-corrected chi connectivity index (χ4v) is 1.49. The van der Waals surface area contributed by atoms with Crippen molar-refractivity contribution in [1.29, 1.82) is 0 Å². The zero-order chi connectivity index (χ0) is 9.97. The van der Waals surface area contributed by atoms with Crippen molar-refractivity contribution in [3.8, 4) is 11.1 Å². The maximum atomic E-state index is 5.95. The standard InChI is InChI=1S/C11H13N3/c1-2-14-11(12)10(8-13-14)9-6-4-3-5-7-9/h3-8H,2,12H2,1H3. The van der Waals surface area contributed by atoms with Crippen LogP contribution in [0.2, 0.25) is 0 Å². The largest absolute Gasteiger partial charge is 0.383 e. The number of nitrogens with two attached hydrogens (primary N) is 1. The van der Waals surface area contributed by atoms with Crippen LogP contribution in [0.15, 0.2) is 36.5 Å². The van der Waals surface area contributed by atoms with E-state index in [1.54, 1.807) is 4.68 Å². The summed E-state index contributed by atoms with van der Waals surface area (Å²) in [5.41, 5.74) is 8.07. The lowest BCUT2D eigenvalue weighted by molar-refractivity contribution is 0.670. The third kappa shape index (κ3) is 1.37. The van der Waals surface area contributed by atoms with Gasteiger partial charge in [0.05, 0.1) is 6.20 Å². The van der Waals surface area contributed by atoms with Crippen LogP contribution in [-0.2, 0) is 6.54 Å². The van der Waals surface area contributed by atoms with Crippen LogP contribution < -0.4 is 5.73 Å². The summed E-state index contributed by atoms with van der Waals surface area (Å²) in [5.74, 6) is 0.735. The second kappa shape index (κ2) is 3.54. The molecule has 2 rings (SSSR count). The Hall–Kier alpha value is -1.77. The molecule has 1 aromatic carbocycles. The maximum Gasteiger partial charge on any atom is 0.129 e. The molecular weight excluding hydrogens is 174 g/mol. The predicted octanol–water partition coefficient (Wildman–Crippen LogP) is 2.15. The minimum Gasteiger partial charge on any atom is -0.383 e. The molecule has 3 heteroatoms. The summed E-state index contributed by atoms with van der Waals surface area (Å²) >= 11 is 0. The molecule has 1 aromatic heterocycles. The first kappa shape index (κ1) is 8.81. The van der Waals surface area contributed by atoms with E-state index in [1.807, 2.05) is 43.5 Å². The van der Waals surface area contributed by atoms with E-state index in [0.717, 1.165) is 23.5 Å². The second-order valence-corrected chi connectivity index (χ2v) is 3.13. The molecule has 0 amide bonds. The molecule has 0 aliphatic rings. The SMILES string of the molecule is CCn1ncc(-c2ccccc2)c1N. The van der Waals surface area contributed by atoms with E-state index >= 15 is 0 Å². The molecule has 0 aliphatic heterocycles. The first-order chi connectivity index (χ1) is 6.83. The number of anilines is 1. The zero-order valence-electron chi connectivity index (χ0n) is 8.14. The van der Waals surface area contributed by atoms with E-state index in [0.29, 0.717) is 0 Å². The van der Waals surface area contributed by atoms with Crippen LogP contribution in [0.5, 0.6) is 0 Å². The van der Waals surface area contributed by atoms with Crippen LogP contribution in [0.3, 0.4) is 0 Å². The predicted molar refractivity (Wildman–Crippen MR) is 57.7 cm³/mol. The molecule has 0 spiro atoms. The third-order valence-corrected chi connectivity index (χ3v) is 2.26. The number of aryl methyl sites for hydroxylation is 1. The van der Waals surface area contributed by atoms with Crippen molar-refractivity contribution in [2.24, 2.45) is 0 Å².